The number of hydrogen-bond acceptors (Lipinski definition) is 1. The van der Waals surface area contributed by atoms with E-state index in [4.69, 9.17) is 0 Å². The summed E-state index contributed by atoms with van der Waals surface area (Å²) in [6, 6.07) is 15.0. The molecule has 96 valence electrons. The third-order valence-corrected chi connectivity index (χ3v) is 2.93. The third-order valence-electron chi connectivity index (χ3n) is 2.93. The molecule has 0 saturated carbocycles. The van der Waals surface area contributed by atoms with E-state index in [1.165, 1.54) is 5.56 Å². The largest absolute Gasteiger partial charge is 0.319 e. The molecule has 1 aromatic carbocycles. The predicted molar refractivity (Wildman–Crippen MR) is 77.0 cm³/mol. The Balaban J connectivity index is 2.18. The van der Waals surface area contributed by atoms with Gasteiger partial charge in [0.05, 0.1) is 6.04 Å². The molecule has 1 atom stereocenters. The first-order chi connectivity index (χ1) is 8.54. The van der Waals surface area contributed by atoms with Crippen molar-refractivity contribution in [2.45, 2.75) is 33.2 Å². The molecule has 1 heterocycles. The topological polar surface area (TPSA) is 17.0 Å². The van der Waals surface area contributed by atoms with Crippen LogP contribution in [0.1, 0.15) is 38.8 Å². The standard InChI is InChI=1S/C16H22N2/c1-16(2,3)13-15(14-9-5-4-6-10-14)17-18-11-7-8-12-18/h4-12,15,17H,13H2,1-3H3. The van der Waals surface area contributed by atoms with Crippen LogP contribution in [0.2, 0.25) is 0 Å². The number of rotatable bonds is 4. The second-order valence-electron chi connectivity index (χ2n) is 5.95. The van der Waals surface area contributed by atoms with E-state index in [-0.39, 0.29) is 0 Å². The van der Waals surface area contributed by atoms with Crippen molar-refractivity contribution in [3.8, 4) is 0 Å². The van der Waals surface area contributed by atoms with Gasteiger partial charge >= 0.3 is 0 Å². The minimum atomic E-state index is 0.292. The molecule has 2 rings (SSSR count). The average Bonchev–Trinajstić information content (AvgIpc) is 2.80. The summed E-state index contributed by atoms with van der Waals surface area (Å²) in [7, 11) is 0. The van der Waals surface area contributed by atoms with Crippen LogP contribution in [-0.4, -0.2) is 4.68 Å². The number of nitrogens with zero attached hydrogens (tertiary/aromatic N) is 1. The summed E-state index contributed by atoms with van der Waals surface area (Å²) >= 11 is 0. The predicted octanol–water partition coefficient (Wildman–Crippen LogP) is 4.21. The monoisotopic (exact) mass is 242 g/mol. The van der Waals surface area contributed by atoms with Gasteiger partial charge in [-0.3, -0.25) is 4.68 Å². The lowest BCUT2D eigenvalue weighted by molar-refractivity contribution is 0.343. The lowest BCUT2D eigenvalue weighted by Crippen LogP contribution is -2.24. The van der Waals surface area contributed by atoms with Gasteiger partial charge in [0, 0.05) is 12.4 Å². The van der Waals surface area contributed by atoms with Crippen molar-refractivity contribution in [2.75, 3.05) is 5.43 Å². The Labute approximate surface area is 110 Å². The van der Waals surface area contributed by atoms with Crippen LogP contribution in [0.15, 0.2) is 54.9 Å². The van der Waals surface area contributed by atoms with Crippen LogP contribution in [0.5, 0.6) is 0 Å². The molecule has 0 aliphatic heterocycles. The summed E-state index contributed by atoms with van der Waals surface area (Å²) in [6.45, 7) is 6.83. The van der Waals surface area contributed by atoms with Crippen LogP contribution >= 0.6 is 0 Å². The number of nitrogens with one attached hydrogen (secondary N) is 1. The van der Waals surface area contributed by atoms with Gasteiger partial charge in [-0.15, -0.1) is 0 Å². The molecule has 0 fully saturated rings. The van der Waals surface area contributed by atoms with Crippen molar-refractivity contribution in [1.29, 1.82) is 0 Å². The van der Waals surface area contributed by atoms with Gasteiger partial charge in [0.15, 0.2) is 0 Å². The molecule has 0 aliphatic carbocycles. The van der Waals surface area contributed by atoms with Crippen LogP contribution in [0.25, 0.3) is 0 Å². The van der Waals surface area contributed by atoms with E-state index in [9.17, 15) is 0 Å². The molecule has 2 heteroatoms. The molecule has 1 N–H and O–H groups in total. The molecule has 0 aliphatic rings. The first kappa shape index (κ1) is 12.7. The summed E-state index contributed by atoms with van der Waals surface area (Å²) in [5.41, 5.74) is 5.18. The van der Waals surface area contributed by atoms with E-state index in [2.05, 4.69) is 56.5 Å². The van der Waals surface area contributed by atoms with Gasteiger partial charge in [-0.05, 0) is 29.5 Å². The summed E-state index contributed by atoms with van der Waals surface area (Å²) in [5, 5.41) is 0. The molecule has 2 nitrogen and oxygen atoms in total. The second-order valence-corrected chi connectivity index (χ2v) is 5.95. The molecular weight excluding hydrogens is 220 g/mol. The summed E-state index contributed by atoms with van der Waals surface area (Å²) in [4.78, 5) is 0. The van der Waals surface area contributed by atoms with Gasteiger partial charge < -0.3 is 5.43 Å². The van der Waals surface area contributed by atoms with E-state index in [1.807, 2.05) is 29.2 Å². The normalized spacial score (nSPS) is 13.3. The summed E-state index contributed by atoms with van der Waals surface area (Å²) in [6.07, 6.45) is 5.17. The van der Waals surface area contributed by atoms with Gasteiger partial charge in [0.2, 0.25) is 0 Å². The van der Waals surface area contributed by atoms with Crippen molar-refractivity contribution in [3.05, 3.63) is 60.4 Å². The lowest BCUT2D eigenvalue weighted by atomic mass is 9.86. The first-order valence-corrected chi connectivity index (χ1v) is 6.49. The fourth-order valence-corrected chi connectivity index (χ4v) is 2.14. The van der Waals surface area contributed by atoms with Crippen LogP contribution in [0, 0.1) is 5.41 Å². The average molecular weight is 242 g/mol. The zero-order chi connectivity index (χ0) is 13.0. The molecule has 0 radical (unpaired) electrons. The molecule has 0 saturated heterocycles. The van der Waals surface area contributed by atoms with Crippen LogP contribution < -0.4 is 5.43 Å². The fourth-order valence-electron chi connectivity index (χ4n) is 2.14. The highest BCUT2D eigenvalue weighted by atomic mass is 15.4. The third kappa shape index (κ3) is 3.66. The zero-order valence-corrected chi connectivity index (χ0v) is 11.4. The van der Waals surface area contributed by atoms with Gasteiger partial charge in [0.25, 0.3) is 0 Å². The Kier molecular flexibility index (Phi) is 3.75. The SMILES string of the molecule is CC(C)(C)CC(Nn1cccc1)c1ccccc1. The Morgan fingerprint density at radius 3 is 2.17 bits per heavy atom. The van der Waals surface area contributed by atoms with E-state index in [0.29, 0.717) is 11.5 Å². The van der Waals surface area contributed by atoms with E-state index in [0.717, 1.165) is 6.42 Å². The maximum atomic E-state index is 3.55. The molecular formula is C16H22N2. The van der Waals surface area contributed by atoms with Crippen LogP contribution in [0.3, 0.4) is 0 Å². The Bertz CT molecular complexity index is 452. The van der Waals surface area contributed by atoms with Gasteiger partial charge in [-0.1, -0.05) is 51.1 Å². The highest BCUT2D eigenvalue weighted by Crippen LogP contribution is 2.29. The molecule has 0 amide bonds. The molecule has 18 heavy (non-hydrogen) atoms. The van der Waals surface area contributed by atoms with Gasteiger partial charge in [-0.25, -0.2) is 0 Å². The van der Waals surface area contributed by atoms with Gasteiger partial charge in [0.1, 0.15) is 0 Å². The summed E-state index contributed by atoms with van der Waals surface area (Å²) < 4.78 is 2.03. The Hall–Kier alpha value is -1.70. The molecule has 0 spiro atoms. The second kappa shape index (κ2) is 5.30. The number of hydrogen-bond donors (Lipinski definition) is 1. The maximum absolute atomic E-state index is 3.55. The van der Waals surface area contributed by atoms with Crippen LogP contribution in [-0.2, 0) is 0 Å². The van der Waals surface area contributed by atoms with Crippen molar-refractivity contribution < 1.29 is 0 Å². The summed E-state index contributed by atoms with van der Waals surface area (Å²) in [5.74, 6) is 0. The zero-order valence-electron chi connectivity index (χ0n) is 11.4. The van der Waals surface area contributed by atoms with Gasteiger partial charge in [-0.2, -0.15) is 0 Å². The van der Waals surface area contributed by atoms with Crippen molar-refractivity contribution in [1.82, 2.24) is 4.68 Å². The van der Waals surface area contributed by atoms with Crippen molar-refractivity contribution in [2.24, 2.45) is 5.41 Å². The van der Waals surface area contributed by atoms with E-state index in [1.54, 1.807) is 0 Å². The van der Waals surface area contributed by atoms with E-state index < -0.39 is 0 Å². The minimum Gasteiger partial charge on any atom is -0.319 e. The minimum absolute atomic E-state index is 0.292. The lowest BCUT2D eigenvalue weighted by Gasteiger charge is -2.28. The van der Waals surface area contributed by atoms with E-state index >= 15 is 0 Å². The first-order valence-electron chi connectivity index (χ1n) is 6.49. The highest BCUT2D eigenvalue weighted by Gasteiger charge is 2.20. The highest BCUT2D eigenvalue weighted by molar-refractivity contribution is 5.21. The molecule has 1 aromatic heterocycles. The molecule has 1 unspecified atom stereocenters. The number of benzene rings is 1. The maximum Gasteiger partial charge on any atom is 0.0678 e. The molecule has 2 aromatic rings. The number of aromatic nitrogens is 1. The van der Waals surface area contributed by atoms with Crippen molar-refractivity contribution >= 4 is 0 Å². The Morgan fingerprint density at radius 2 is 1.61 bits per heavy atom. The fraction of sp³-hybridized carbons (Fsp3) is 0.375. The smallest absolute Gasteiger partial charge is 0.0678 e. The Morgan fingerprint density at radius 1 is 1.00 bits per heavy atom. The van der Waals surface area contributed by atoms with Crippen LogP contribution in [0.4, 0.5) is 0 Å². The molecule has 0 bridgehead atoms. The van der Waals surface area contributed by atoms with Crippen molar-refractivity contribution in [3.63, 3.8) is 0 Å². The quantitative estimate of drug-likeness (QED) is 0.850.